The van der Waals surface area contributed by atoms with Gasteiger partial charge in [0.2, 0.25) is 5.91 Å². The third kappa shape index (κ3) is 4.13. The number of nitrogens with one attached hydrogen (secondary N) is 1. The van der Waals surface area contributed by atoms with Crippen molar-refractivity contribution < 1.29 is 4.79 Å². The molecule has 0 aliphatic carbocycles. The van der Waals surface area contributed by atoms with Gasteiger partial charge in [-0.2, -0.15) is 0 Å². The van der Waals surface area contributed by atoms with Crippen molar-refractivity contribution in [3.05, 3.63) is 12.2 Å². The van der Waals surface area contributed by atoms with Gasteiger partial charge in [0.15, 0.2) is 0 Å². The minimum Gasteiger partial charge on any atom is -0.356 e. The third-order valence-corrected chi connectivity index (χ3v) is 3.52. The molecule has 0 spiro atoms. The first kappa shape index (κ1) is 14.2. The molecule has 4 heteroatoms. The van der Waals surface area contributed by atoms with Gasteiger partial charge in [-0.05, 0) is 20.4 Å². The largest absolute Gasteiger partial charge is 0.356 e. The van der Waals surface area contributed by atoms with E-state index in [0.29, 0.717) is 0 Å². The van der Waals surface area contributed by atoms with E-state index in [2.05, 4.69) is 35.9 Å². The predicted molar refractivity (Wildman–Crippen MR) is 71.0 cm³/mol. The van der Waals surface area contributed by atoms with E-state index < -0.39 is 0 Å². The highest BCUT2D eigenvalue weighted by atomic mass is 16.1. The molecule has 1 aliphatic heterocycles. The standard InChI is InChI=1S/C13H25N3O/c1-5-15-8-10-16(11-9-15)13(2,3)7-6-12(17)14-4/h6-7H,5,8-11H2,1-4H3,(H,14,17)/b7-6+. The van der Waals surface area contributed by atoms with E-state index in [-0.39, 0.29) is 11.4 Å². The Balaban J connectivity index is 2.53. The first-order chi connectivity index (χ1) is 7.99. The molecule has 0 atom stereocenters. The first-order valence-electron chi connectivity index (χ1n) is 6.38. The van der Waals surface area contributed by atoms with Crippen molar-refractivity contribution in [1.82, 2.24) is 15.1 Å². The molecule has 98 valence electrons. The highest BCUT2D eigenvalue weighted by molar-refractivity contribution is 5.87. The summed E-state index contributed by atoms with van der Waals surface area (Å²) in [5.74, 6) is -0.0368. The molecular weight excluding hydrogens is 214 g/mol. The molecule has 0 radical (unpaired) electrons. The SMILES string of the molecule is CCN1CCN(C(C)(C)/C=C/C(=O)NC)CC1. The molecule has 1 fully saturated rings. The molecule has 4 nitrogen and oxygen atoms in total. The smallest absolute Gasteiger partial charge is 0.243 e. The van der Waals surface area contributed by atoms with Crippen molar-refractivity contribution in [2.45, 2.75) is 26.3 Å². The Labute approximate surface area is 105 Å². The maximum absolute atomic E-state index is 11.2. The Hall–Kier alpha value is -0.870. The molecule has 1 heterocycles. The normalized spacial score (nSPS) is 19.8. The number of hydrogen-bond donors (Lipinski definition) is 1. The van der Waals surface area contributed by atoms with Crippen LogP contribution in [0.2, 0.25) is 0 Å². The number of carbonyl (C=O) groups is 1. The fraction of sp³-hybridized carbons (Fsp3) is 0.769. The van der Waals surface area contributed by atoms with Gasteiger partial charge in [0.05, 0.1) is 0 Å². The molecule has 1 saturated heterocycles. The van der Waals surface area contributed by atoms with Crippen LogP contribution in [0.25, 0.3) is 0 Å². The third-order valence-electron chi connectivity index (χ3n) is 3.52. The van der Waals surface area contributed by atoms with Gasteiger partial charge in [0.25, 0.3) is 0 Å². The molecule has 1 rings (SSSR count). The van der Waals surface area contributed by atoms with Crippen LogP contribution in [0.15, 0.2) is 12.2 Å². The Morgan fingerprint density at radius 3 is 2.35 bits per heavy atom. The summed E-state index contributed by atoms with van der Waals surface area (Å²) in [5, 5.41) is 2.60. The summed E-state index contributed by atoms with van der Waals surface area (Å²) in [6.07, 6.45) is 3.62. The zero-order chi connectivity index (χ0) is 12.9. The maximum Gasteiger partial charge on any atom is 0.243 e. The molecule has 17 heavy (non-hydrogen) atoms. The Kier molecular flexibility index (Phi) is 5.15. The molecule has 1 N–H and O–H groups in total. The number of hydrogen-bond acceptors (Lipinski definition) is 3. The lowest BCUT2D eigenvalue weighted by atomic mass is 10.0. The van der Waals surface area contributed by atoms with Crippen molar-refractivity contribution in [3.8, 4) is 0 Å². The van der Waals surface area contributed by atoms with E-state index in [4.69, 9.17) is 0 Å². The van der Waals surface area contributed by atoms with E-state index in [0.717, 1.165) is 32.7 Å². The Morgan fingerprint density at radius 2 is 1.88 bits per heavy atom. The lowest BCUT2D eigenvalue weighted by molar-refractivity contribution is -0.116. The summed E-state index contributed by atoms with van der Waals surface area (Å²) in [4.78, 5) is 16.1. The first-order valence-corrected chi connectivity index (χ1v) is 6.38. The molecule has 0 unspecified atom stereocenters. The lowest BCUT2D eigenvalue weighted by Crippen LogP contribution is -2.53. The molecule has 0 aromatic heterocycles. The van der Waals surface area contributed by atoms with Crippen LogP contribution in [0.4, 0.5) is 0 Å². The highest BCUT2D eigenvalue weighted by Gasteiger charge is 2.27. The van der Waals surface area contributed by atoms with Gasteiger partial charge in [-0.25, -0.2) is 0 Å². The Bertz CT molecular complexity index is 278. The number of likely N-dealkylation sites (N-methyl/N-ethyl adjacent to an activating group) is 2. The van der Waals surface area contributed by atoms with Crippen LogP contribution in [0, 0.1) is 0 Å². The van der Waals surface area contributed by atoms with Crippen molar-refractivity contribution in [2.24, 2.45) is 0 Å². The van der Waals surface area contributed by atoms with Crippen LogP contribution in [0.1, 0.15) is 20.8 Å². The second kappa shape index (κ2) is 6.17. The van der Waals surface area contributed by atoms with Crippen LogP contribution in [0.5, 0.6) is 0 Å². The number of rotatable bonds is 4. The minimum absolute atomic E-state index is 0.0368. The van der Waals surface area contributed by atoms with Gasteiger partial charge < -0.3 is 10.2 Å². The number of nitrogens with zero attached hydrogens (tertiary/aromatic N) is 2. The molecular formula is C13H25N3O. The van der Waals surface area contributed by atoms with Gasteiger partial charge in [-0.1, -0.05) is 13.0 Å². The molecule has 1 amide bonds. The van der Waals surface area contributed by atoms with Crippen molar-refractivity contribution in [2.75, 3.05) is 39.8 Å². The average Bonchev–Trinajstić information content (AvgIpc) is 2.36. The van der Waals surface area contributed by atoms with Gasteiger partial charge >= 0.3 is 0 Å². The van der Waals surface area contributed by atoms with Crippen LogP contribution < -0.4 is 5.32 Å². The fourth-order valence-electron chi connectivity index (χ4n) is 2.11. The van der Waals surface area contributed by atoms with Crippen LogP contribution in [-0.4, -0.2) is 61.0 Å². The summed E-state index contributed by atoms with van der Waals surface area (Å²) in [6, 6.07) is 0. The molecule has 0 aromatic rings. The summed E-state index contributed by atoms with van der Waals surface area (Å²) < 4.78 is 0. The number of carbonyl (C=O) groups excluding carboxylic acids is 1. The quantitative estimate of drug-likeness (QED) is 0.734. The van der Waals surface area contributed by atoms with Crippen LogP contribution in [-0.2, 0) is 4.79 Å². The molecule has 0 saturated carbocycles. The van der Waals surface area contributed by atoms with Crippen molar-refractivity contribution in [1.29, 1.82) is 0 Å². The number of amides is 1. The van der Waals surface area contributed by atoms with Crippen molar-refractivity contribution >= 4 is 5.91 Å². The fourth-order valence-corrected chi connectivity index (χ4v) is 2.11. The van der Waals surface area contributed by atoms with Crippen molar-refractivity contribution in [3.63, 3.8) is 0 Å². The highest BCUT2D eigenvalue weighted by Crippen LogP contribution is 2.18. The average molecular weight is 239 g/mol. The van der Waals surface area contributed by atoms with E-state index in [1.54, 1.807) is 13.1 Å². The molecule has 0 aromatic carbocycles. The van der Waals surface area contributed by atoms with Crippen LogP contribution in [0.3, 0.4) is 0 Å². The topological polar surface area (TPSA) is 35.6 Å². The zero-order valence-corrected chi connectivity index (χ0v) is 11.5. The number of piperazine rings is 1. The summed E-state index contributed by atoms with van der Waals surface area (Å²) in [7, 11) is 1.65. The molecule has 0 bridgehead atoms. The van der Waals surface area contributed by atoms with Gasteiger partial charge in [0, 0.05) is 44.8 Å². The summed E-state index contributed by atoms with van der Waals surface area (Å²) >= 11 is 0. The van der Waals surface area contributed by atoms with E-state index >= 15 is 0 Å². The van der Waals surface area contributed by atoms with E-state index in [9.17, 15) is 4.79 Å². The second-order valence-electron chi connectivity index (χ2n) is 5.02. The van der Waals surface area contributed by atoms with Gasteiger partial charge in [-0.3, -0.25) is 9.69 Å². The van der Waals surface area contributed by atoms with Gasteiger partial charge in [0.1, 0.15) is 0 Å². The Morgan fingerprint density at radius 1 is 1.29 bits per heavy atom. The summed E-state index contributed by atoms with van der Waals surface area (Å²) in [5.41, 5.74) is -0.0493. The van der Waals surface area contributed by atoms with E-state index in [1.807, 2.05) is 6.08 Å². The minimum atomic E-state index is -0.0493. The molecule has 1 aliphatic rings. The maximum atomic E-state index is 11.2. The van der Waals surface area contributed by atoms with Crippen LogP contribution >= 0.6 is 0 Å². The summed E-state index contributed by atoms with van der Waals surface area (Å²) in [6.45, 7) is 12.0. The monoisotopic (exact) mass is 239 g/mol. The predicted octanol–water partition coefficient (Wildman–Crippen LogP) is 0.705. The lowest BCUT2D eigenvalue weighted by Gasteiger charge is -2.42. The second-order valence-corrected chi connectivity index (χ2v) is 5.02. The zero-order valence-electron chi connectivity index (χ0n) is 11.5. The van der Waals surface area contributed by atoms with Gasteiger partial charge in [-0.15, -0.1) is 0 Å². The van der Waals surface area contributed by atoms with E-state index in [1.165, 1.54) is 0 Å².